The van der Waals surface area contributed by atoms with Gasteiger partial charge in [0.25, 0.3) is 0 Å². The molecule has 3 heterocycles. The Labute approximate surface area is 126 Å². The van der Waals surface area contributed by atoms with Crippen LogP contribution in [-0.4, -0.2) is 29.1 Å². The molecule has 0 fully saturated rings. The van der Waals surface area contributed by atoms with Gasteiger partial charge in [0.2, 0.25) is 0 Å². The first-order valence-corrected chi connectivity index (χ1v) is 7.63. The molecule has 1 aromatic carbocycles. The summed E-state index contributed by atoms with van der Waals surface area (Å²) in [4.78, 5) is 7.79. The molecule has 4 rings (SSSR count). The molecule has 0 bridgehead atoms. The highest BCUT2D eigenvalue weighted by Crippen LogP contribution is 2.45. The number of phenolic OH excluding ortho intramolecular Hbond substituents is 1. The van der Waals surface area contributed by atoms with Gasteiger partial charge in [0, 0.05) is 16.5 Å². The van der Waals surface area contributed by atoms with Crippen molar-refractivity contribution in [3.63, 3.8) is 0 Å². The van der Waals surface area contributed by atoms with Gasteiger partial charge in [0.05, 0.1) is 13.1 Å². The highest BCUT2D eigenvalue weighted by Gasteiger charge is 2.49. The molecule has 2 aromatic rings. The van der Waals surface area contributed by atoms with Gasteiger partial charge >= 0.3 is 0 Å². The topological polar surface area (TPSA) is 71.1 Å². The second-order valence-corrected chi connectivity index (χ2v) is 6.37. The molecule has 0 radical (unpaired) electrons. The van der Waals surface area contributed by atoms with E-state index in [1.807, 2.05) is 12.1 Å². The normalized spacial score (nSPS) is 23.2. The molecule has 108 valence electrons. The summed E-state index contributed by atoms with van der Waals surface area (Å²) in [6, 6.07) is 9.38. The monoisotopic (exact) mass is 301 g/mol. The first-order valence-electron chi connectivity index (χ1n) is 6.75. The molecule has 1 spiro atoms. The third-order valence-electron chi connectivity index (χ3n) is 4.12. The number of rotatable bonds is 2. The average Bonchev–Trinajstić information content (AvgIpc) is 3.16. The summed E-state index contributed by atoms with van der Waals surface area (Å²) in [5.74, 6) is 1.48. The summed E-state index contributed by atoms with van der Waals surface area (Å²) < 4.78 is 5.79. The maximum Gasteiger partial charge on any atom is 0.192 e. The second kappa shape index (κ2) is 4.39. The van der Waals surface area contributed by atoms with E-state index in [0.717, 1.165) is 17.9 Å². The maximum atomic E-state index is 9.61. The van der Waals surface area contributed by atoms with Gasteiger partial charge in [-0.2, -0.15) is 0 Å². The van der Waals surface area contributed by atoms with Crippen LogP contribution in [-0.2, 0) is 12.1 Å². The zero-order valence-corrected chi connectivity index (χ0v) is 12.1. The third kappa shape index (κ3) is 1.79. The van der Waals surface area contributed by atoms with E-state index in [2.05, 4.69) is 21.3 Å². The fraction of sp³-hybridized carbons (Fsp3) is 0.267. The number of thiophene rings is 1. The molecule has 0 amide bonds. The van der Waals surface area contributed by atoms with Crippen molar-refractivity contribution < 1.29 is 9.84 Å². The van der Waals surface area contributed by atoms with E-state index in [1.54, 1.807) is 23.5 Å². The summed E-state index contributed by atoms with van der Waals surface area (Å²) in [7, 11) is 0. The molecule has 3 N–H and O–H groups in total. The lowest BCUT2D eigenvalue weighted by atomic mass is 9.91. The molecular weight excluding hydrogens is 286 g/mol. The van der Waals surface area contributed by atoms with E-state index in [-0.39, 0.29) is 11.3 Å². The number of ether oxygens (including phenoxy) is 1. The molecule has 0 aliphatic carbocycles. The average molecular weight is 301 g/mol. The summed E-state index contributed by atoms with van der Waals surface area (Å²) in [6.07, 6.45) is 0. The van der Waals surface area contributed by atoms with Gasteiger partial charge in [-0.25, -0.2) is 0 Å². The first-order chi connectivity index (χ1) is 10.2. The Hall–Kier alpha value is -2.21. The van der Waals surface area contributed by atoms with Crippen molar-refractivity contribution in [3.8, 4) is 11.5 Å². The van der Waals surface area contributed by atoms with Crippen LogP contribution in [0, 0.1) is 0 Å². The van der Waals surface area contributed by atoms with Crippen LogP contribution < -0.4 is 10.5 Å². The minimum atomic E-state index is -0.350. The Bertz CT molecular complexity index is 714. The van der Waals surface area contributed by atoms with E-state index < -0.39 is 0 Å². The predicted molar refractivity (Wildman–Crippen MR) is 81.6 cm³/mol. The summed E-state index contributed by atoms with van der Waals surface area (Å²) in [5, 5.41) is 11.7. The van der Waals surface area contributed by atoms with Gasteiger partial charge in [0.1, 0.15) is 23.6 Å². The number of hydrogen-bond acceptors (Lipinski definition) is 6. The van der Waals surface area contributed by atoms with Crippen molar-refractivity contribution in [2.75, 3.05) is 13.2 Å². The van der Waals surface area contributed by atoms with Gasteiger partial charge in [-0.05, 0) is 23.6 Å². The highest BCUT2D eigenvalue weighted by molar-refractivity contribution is 7.09. The van der Waals surface area contributed by atoms with Crippen LogP contribution in [0.1, 0.15) is 10.4 Å². The van der Waals surface area contributed by atoms with Crippen LogP contribution in [0.3, 0.4) is 0 Å². The number of aliphatic imine (C=N–C) groups is 1. The summed E-state index contributed by atoms with van der Waals surface area (Å²) in [5.41, 5.74) is 6.81. The molecule has 1 unspecified atom stereocenters. The van der Waals surface area contributed by atoms with E-state index in [1.165, 1.54) is 4.88 Å². The van der Waals surface area contributed by atoms with E-state index in [4.69, 9.17) is 10.5 Å². The van der Waals surface area contributed by atoms with E-state index >= 15 is 0 Å². The summed E-state index contributed by atoms with van der Waals surface area (Å²) in [6.45, 7) is 1.81. The Balaban J connectivity index is 1.75. The lowest BCUT2D eigenvalue weighted by Crippen LogP contribution is -2.49. The maximum absolute atomic E-state index is 9.61. The van der Waals surface area contributed by atoms with Crippen LogP contribution in [0.5, 0.6) is 11.5 Å². The zero-order chi connectivity index (χ0) is 14.4. The van der Waals surface area contributed by atoms with E-state index in [0.29, 0.717) is 19.1 Å². The lowest BCUT2D eigenvalue weighted by Gasteiger charge is -2.34. The Morgan fingerprint density at radius 1 is 1.43 bits per heavy atom. The van der Waals surface area contributed by atoms with Crippen molar-refractivity contribution in [3.05, 3.63) is 46.2 Å². The van der Waals surface area contributed by atoms with Gasteiger partial charge in [0.15, 0.2) is 5.96 Å². The Morgan fingerprint density at radius 2 is 2.33 bits per heavy atom. The van der Waals surface area contributed by atoms with E-state index in [9.17, 15) is 5.11 Å². The Kier molecular flexibility index (Phi) is 2.62. The number of benzene rings is 1. The van der Waals surface area contributed by atoms with Crippen LogP contribution in [0.15, 0.2) is 40.7 Å². The first kappa shape index (κ1) is 12.5. The Morgan fingerprint density at radius 3 is 3.14 bits per heavy atom. The number of aromatic hydroxyl groups is 1. The lowest BCUT2D eigenvalue weighted by molar-refractivity contribution is 0.146. The van der Waals surface area contributed by atoms with Crippen LogP contribution in [0.25, 0.3) is 0 Å². The number of guanidine groups is 1. The standard InChI is InChI=1S/C15H15N3O2S/c16-14-17-8-15(18(14)7-11-2-1-5-21-11)9-20-13-6-10(19)3-4-12(13)15/h1-6,19H,7-9H2,(H2,16,17). The molecule has 1 atom stereocenters. The molecule has 0 saturated heterocycles. The van der Waals surface area contributed by atoms with Crippen molar-refractivity contribution >= 4 is 17.3 Å². The van der Waals surface area contributed by atoms with Crippen molar-refractivity contribution in [2.45, 2.75) is 12.1 Å². The molecule has 2 aliphatic rings. The number of nitrogens with two attached hydrogens (primary N) is 1. The second-order valence-electron chi connectivity index (χ2n) is 5.34. The fourth-order valence-corrected chi connectivity index (χ4v) is 3.73. The fourth-order valence-electron chi connectivity index (χ4n) is 3.04. The van der Waals surface area contributed by atoms with Gasteiger partial charge in [-0.3, -0.25) is 4.99 Å². The molecule has 6 heteroatoms. The van der Waals surface area contributed by atoms with Crippen molar-refractivity contribution in [1.29, 1.82) is 0 Å². The number of hydrogen-bond donors (Lipinski definition) is 2. The quantitative estimate of drug-likeness (QED) is 0.888. The van der Waals surface area contributed by atoms with Crippen molar-refractivity contribution in [1.82, 2.24) is 4.90 Å². The number of phenols is 1. The molecule has 2 aliphatic heterocycles. The third-order valence-corrected chi connectivity index (χ3v) is 4.98. The van der Waals surface area contributed by atoms with Crippen molar-refractivity contribution in [2.24, 2.45) is 10.7 Å². The molecule has 21 heavy (non-hydrogen) atoms. The predicted octanol–water partition coefficient (Wildman–Crippen LogP) is 1.87. The number of nitrogens with zero attached hydrogens (tertiary/aromatic N) is 2. The minimum Gasteiger partial charge on any atom is -0.508 e. The van der Waals surface area contributed by atoms with Crippen LogP contribution >= 0.6 is 11.3 Å². The van der Waals surface area contributed by atoms with Gasteiger partial charge in [-0.1, -0.05) is 6.07 Å². The van der Waals surface area contributed by atoms with Crippen LogP contribution in [0.4, 0.5) is 0 Å². The van der Waals surface area contributed by atoms with Gasteiger partial charge < -0.3 is 20.5 Å². The molecular formula is C15H15N3O2S. The summed E-state index contributed by atoms with van der Waals surface area (Å²) >= 11 is 1.70. The SMILES string of the molecule is NC1=NCC2(COc3cc(O)ccc32)N1Cc1cccs1. The molecule has 5 nitrogen and oxygen atoms in total. The van der Waals surface area contributed by atoms with Crippen LogP contribution in [0.2, 0.25) is 0 Å². The molecule has 1 aromatic heterocycles. The van der Waals surface area contributed by atoms with Gasteiger partial charge in [-0.15, -0.1) is 11.3 Å². The largest absolute Gasteiger partial charge is 0.508 e. The zero-order valence-electron chi connectivity index (χ0n) is 11.3. The highest BCUT2D eigenvalue weighted by atomic mass is 32.1. The smallest absolute Gasteiger partial charge is 0.192 e. The minimum absolute atomic E-state index is 0.211. The molecule has 0 saturated carbocycles. The number of fused-ring (bicyclic) bond motifs is 2.